The second kappa shape index (κ2) is 9.37. The lowest BCUT2D eigenvalue weighted by Crippen LogP contribution is -2.39. The number of piperidine rings is 1. The summed E-state index contributed by atoms with van der Waals surface area (Å²) in [6, 6.07) is 24.6. The van der Waals surface area contributed by atoms with Gasteiger partial charge in [-0.1, -0.05) is 60.7 Å². The number of carbonyl (C=O) groups is 1. The summed E-state index contributed by atoms with van der Waals surface area (Å²) < 4.78 is 0. The highest BCUT2D eigenvalue weighted by molar-refractivity contribution is 5.93. The molecule has 0 bridgehead atoms. The minimum atomic E-state index is 0.0338. The van der Waals surface area contributed by atoms with Gasteiger partial charge in [-0.15, -0.1) is 0 Å². The van der Waals surface area contributed by atoms with Gasteiger partial charge in [-0.2, -0.15) is 0 Å². The molecule has 2 heterocycles. The number of hydrogen-bond acceptors (Lipinski definition) is 3. The van der Waals surface area contributed by atoms with E-state index in [1.165, 1.54) is 11.1 Å². The summed E-state index contributed by atoms with van der Waals surface area (Å²) in [6.45, 7) is 2.34. The van der Waals surface area contributed by atoms with Crippen LogP contribution in [0.15, 0.2) is 79.0 Å². The predicted octanol–water partition coefficient (Wildman–Crippen LogP) is 4.79. The van der Waals surface area contributed by atoms with Crippen LogP contribution in [0, 0.1) is 5.92 Å². The fourth-order valence-electron chi connectivity index (χ4n) is 3.91. The third kappa shape index (κ3) is 5.23. The van der Waals surface area contributed by atoms with E-state index in [-0.39, 0.29) is 5.91 Å². The molecule has 0 aliphatic carbocycles. The van der Waals surface area contributed by atoms with Gasteiger partial charge in [0.05, 0.1) is 0 Å². The van der Waals surface area contributed by atoms with Crippen LogP contribution in [0.3, 0.4) is 0 Å². The molecule has 4 rings (SSSR count). The van der Waals surface area contributed by atoms with Crippen molar-refractivity contribution in [2.45, 2.75) is 25.8 Å². The van der Waals surface area contributed by atoms with E-state index in [0.717, 1.165) is 44.6 Å². The summed E-state index contributed by atoms with van der Waals surface area (Å²) >= 11 is 0. The van der Waals surface area contributed by atoms with Crippen molar-refractivity contribution in [1.29, 1.82) is 0 Å². The Morgan fingerprint density at radius 3 is 2.28 bits per heavy atom. The molecular formula is C25H27N3O. The zero-order valence-electron chi connectivity index (χ0n) is 16.6. The molecule has 0 radical (unpaired) electrons. The van der Waals surface area contributed by atoms with E-state index in [9.17, 15) is 4.79 Å². The van der Waals surface area contributed by atoms with Crippen LogP contribution in [0.4, 0.5) is 5.69 Å². The zero-order chi connectivity index (χ0) is 19.9. The fraction of sp³-hybridized carbons (Fsp3) is 0.280. The highest BCUT2D eigenvalue weighted by Gasteiger charge is 2.24. The lowest BCUT2D eigenvalue weighted by atomic mass is 9.90. The monoisotopic (exact) mass is 385 g/mol. The second-order valence-corrected chi connectivity index (χ2v) is 7.69. The summed E-state index contributed by atoms with van der Waals surface area (Å²) in [6.07, 6.45) is 4.90. The van der Waals surface area contributed by atoms with Crippen molar-refractivity contribution in [1.82, 2.24) is 9.88 Å². The standard InChI is InChI=1S/C25H27N3O/c29-25(28-15-12-21(13-16-28)17-20-7-3-1-4-8-20)24-18-23(11-14-26-24)27-19-22-9-5-2-6-10-22/h1-11,14,18,21H,12-13,15-17,19H2,(H,26,27). The lowest BCUT2D eigenvalue weighted by Gasteiger charge is -2.32. The van der Waals surface area contributed by atoms with Gasteiger partial charge in [-0.25, -0.2) is 0 Å². The molecule has 1 amide bonds. The van der Waals surface area contributed by atoms with Crippen LogP contribution in [-0.2, 0) is 13.0 Å². The Morgan fingerprint density at radius 2 is 1.59 bits per heavy atom. The molecule has 1 fully saturated rings. The Labute approximate surface area is 172 Å². The number of hydrogen-bond donors (Lipinski definition) is 1. The Bertz CT molecular complexity index is 919. The SMILES string of the molecule is O=C(c1cc(NCc2ccccc2)ccn1)N1CCC(Cc2ccccc2)CC1. The number of nitrogens with one attached hydrogen (secondary N) is 1. The maximum atomic E-state index is 12.9. The number of pyridine rings is 1. The van der Waals surface area contributed by atoms with E-state index in [2.05, 4.69) is 52.8 Å². The van der Waals surface area contributed by atoms with Crippen LogP contribution in [0.1, 0.15) is 34.5 Å². The Hall–Kier alpha value is -3.14. The van der Waals surface area contributed by atoms with Gasteiger partial charge in [0.25, 0.3) is 5.91 Å². The second-order valence-electron chi connectivity index (χ2n) is 7.69. The topological polar surface area (TPSA) is 45.2 Å². The van der Waals surface area contributed by atoms with Gasteiger partial charge >= 0.3 is 0 Å². The van der Waals surface area contributed by atoms with Crippen LogP contribution in [0.2, 0.25) is 0 Å². The first-order chi connectivity index (χ1) is 14.3. The number of nitrogens with zero attached hydrogens (tertiary/aromatic N) is 2. The smallest absolute Gasteiger partial charge is 0.272 e. The van der Waals surface area contributed by atoms with Gasteiger partial charge in [0.15, 0.2) is 0 Å². The number of amides is 1. The number of likely N-dealkylation sites (tertiary alicyclic amines) is 1. The van der Waals surface area contributed by atoms with Gasteiger partial charge in [-0.05, 0) is 48.4 Å². The van der Waals surface area contributed by atoms with E-state index in [4.69, 9.17) is 0 Å². The van der Waals surface area contributed by atoms with Crippen LogP contribution in [0.5, 0.6) is 0 Å². The molecule has 4 nitrogen and oxygen atoms in total. The van der Waals surface area contributed by atoms with E-state index in [0.29, 0.717) is 11.6 Å². The Morgan fingerprint density at radius 1 is 0.931 bits per heavy atom. The van der Waals surface area contributed by atoms with Crippen molar-refractivity contribution in [2.75, 3.05) is 18.4 Å². The van der Waals surface area contributed by atoms with E-state index >= 15 is 0 Å². The maximum absolute atomic E-state index is 12.9. The van der Waals surface area contributed by atoms with E-state index in [1.54, 1.807) is 6.20 Å². The van der Waals surface area contributed by atoms with Crippen LogP contribution in [-0.4, -0.2) is 28.9 Å². The summed E-state index contributed by atoms with van der Waals surface area (Å²) in [4.78, 5) is 19.2. The van der Waals surface area contributed by atoms with Crippen molar-refractivity contribution in [2.24, 2.45) is 5.92 Å². The maximum Gasteiger partial charge on any atom is 0.272 e. The Kier molecular flexibility index (Phi) is 6.20. The van der Waals surface area contributed by atoms with Crippen LogP contribution in [0.25, 0.3) is 0 Å². The number of anilines is 1. The molecule has 1 N–H and O–H groups in total. The van der Waals surface area contributed by atoms with Gasteiger partial charge in [0.2, 0.25) is 0 Å². The van der Waals surface area contributed by atoms with Crippen LogP contribution < -0.4 is 5.32 Å². The largest absolute Gasteiger partial charge is 0.381 e. The molecule has 0 unspecified atom stereocenters. The van der Waals surface area contributed by atoms with Gasteiger partial charge in [-0.3, -0.25) is 9.78 Å². The third-order valence-electron chi connectivity index (χ3n) is 5.59. The van der Waals surface area contributed by atoms with Crippen LogP contribution >= 0.6 is 0 Å². The molecule has 0 atom stereocenters. The minimum Gasteiger partial charge on any atom is -0.381 e. The van der Waals surface area contributed by atoms with Crippen molar-refractivity contribution in [3.63, 3.8) is 0 Å². The molecule has 1 saturated heterocycles. The first kappa shape index (κ1) is 19.2. The highest BCUT2D eigenvalue weighted by Crippen LogP contribution is 2.23. The normalized spacial score (nSPS) is 14.6. The fourth-order valence-corrected chi connectivity index (χ4v) is 3.91. The predicted molar refractivity (Wildman–Crippen MR) is 117 cm³/mol. The zero-order valence-corrected chi connectivity index (χ0v) is 16.6. The molecule has 29 heavy (non-hydrogen) atoms. The number of aromatic nitrogens is 1. The quantitative estimate of drug-likeness (QED) is 0.664. The van der Waals surface area contributed by atoms with Gasteiger partial charge < -0.3 is 10.2 Å². The van der Waals surface area contributed by atoms with Crippen molar-refractivity contribution >= 4 is 11.6 Å². The number of rotatable bonds is 6. The summed E-state index contributed by atoms with van der Waals surface area (Å²) in [5.41, 5.74) is 4.03. The molecule has 148 valence electrons. The molecule has 1 aliphatic heterocycles. The minimum absolute atomic E-state index is 0.0338. The molecule has 1 aliphatic rings. The molecule has 1 aromatic heterocycles. The summed E-state index contributed by atoms with van der Waals surface area (Å²) in [5, 5.41) is 3.38. The molecular weight excluding hydrogens is 358 g/mol. The molecule has 0 saturated carbocycles. The first-order valence-corrected chi connectivity index (χ1v) is 10.3. The number of benzene rings is 2. The van der Waals surface area contributed by atoms with Crippen molar-refractivity contribution in [3.8, 4) is 0 Å². The molecule has 3 aromatic rings. The molecule has 0 spiro atoms. The lowest BCUT2D eigenvalue weighted by molar-refractivity contribution is 0.0684. The summed E-state index contributed by atoms with van der Waals surface area (Å²) in [7, 11) is 0. The summed E-state index contributed by atoms with van der Waals surface area (Å²) in [5.74, 6) is 0.680. The third-order valence-corrected chi connectivity index (χ3v) is 5.59. The van der Waals surface area contributed by atoms with E-state index < -0.39 is 0 Å². The van der Waals surface area contributed by atoms with Crippen molar-refractivity contribution in [3.05, 3.63) is 95.8 Å². The van der Waals surface area contributed by atoms with Gasteiger partial charge in [0, 0.05) is 31.5 Å². The first-order valence-electron chi connectivity index (χ1n) is 10.3. The van der Waals surface area contributed by atoms with E-state index in [1.807, 2.05) is 35.2 Å². The highest BCUT2D eigenvalue weighted by atomic mass is 16.2. The van der Waals surface area contributed by atoms with Crippen molar-refractivity contribution < 1.29 is 4.79 Å². The number of carbonyl (C=O) groups excluding carboxylic acids is 1. The molecule has 4 heteroatoms. The average molecular weight is 386 g/mol. The average Bonchev–Trinajstić information content (AvgIpc) is 2.79. The Balaban J connectivity index is 1.31. The molecule has 2 aromatic carbocycles. The van der Waals surface area contributed by atoms with Gasteiger partial charge in [0.1, 0.15) is 5.69 Å².